The molecule has 0 radical (unpaired) electrons. The van der Waals surface area contributed by atoms with Gasteiger partial charge >= 0.3 is 5.97 Å². The van der Waals surface area contributed by atoms with Crippen molar-refractivity contribution in [3.8, 4) is 0 Å². The van der Waals surface area contributed by atoms with Gasteiger partial charge in [0, 0.05) is 17.1 Å². The average molecular weight is 178 g/mol. The van der Waals surface area contributed by atoms with Crippen LogP contribution in [0.4, 0.5) is 0 Å². The molecule has 0 bridgehead atoms. The molecule has 0 saturated carbocycles. The Morgan fingerprint density at radius 2 is 2.30 bits per heavy atom. The fraction of sp³-hybridized carbons (Fsp3) is 0.500. The maximum absolute atomic E-state index is 10.4. The highest BCUT2D eigenvalue weighted by atomic mass is 32.2. The van der Waals surface area contributed by atoms with Crippen LogP contribution in [0.3, 0.4) is 0 Å². The Morgan fingerprint density at radius 3 is 2.70 bits per heavy atom. The number of hydrogen-bond acceptors (Lipinski definition) is 4. The van der Waals surface area contributed by atoms with Crippen molar-refractivity contribution in [1.82, 2.24) is 0 Å². The van der Waals surface area contributed by atoms with Crippen molar-refractivity contribution in [1.29, 1.82) is 0 Å². The first kappa shape index (κ1) is 9.91. The molecule has 0 rings (SSSR count). The SMILES string of the molecule is C=CC(=O)OCCC(S)S. The van der Waals surface area contributed by atoms with Gasteiger partial charge in [-0.15, -0.1) is 0 Å². The van der Waals surface area contributed by atoms with Crippen LogP contribution in [0, 0.1) is 0 Å². The van der Waals surface area contributed by atoms with E-state index in [1.807, 2.05) is 0 Å². The smallest absolute Gasteiger partial charge is 0.330 e. The van der Waals surface area contributed by atoms with Crippen molar-refractivity contribution in [3.63, 3.8) is 0 Å². The molecule has 2 nitrogen and oxygen atoms in total. The Hall–Kier alpha value is -0.0900. The van der Waals surface area contributed by atoms with Gasteiger partial charge in [0.05, 0.1) is 6.61 Å². The maximum atomic E-state index is 10.4. The van der Waals surface area contributed by atoms with Gasteiger partial charge in [0.1, 0.15) is 0 Å². The van der Waals surface area contributed by atoms with Gasteiger partial charge in [0.2, 0.25) is 0 Å². The van der Waals surface area contributed by atoms with E-state index in [0.717, 1.165) is 6.08 Å². The van der Waals surface area contributed by atoms with Crippen LogP contribution in [0.15, 0.2) is 12.7 Å². The monoisotopic (exact) mass is 178 g/mol. The van der Waals surface area contributed by atoms with Crippen LogP contribution in [0.2, 0.25) is 0 Å². The Morgan fingerprint density at radius 1 is 1.70 bits per heavy atom. The highest BCUT2D eigenvalue weighted by Gasteiger charge is 1.97. The summed E-state index contributed by atoms with van der Waals surface area (Å²) in [6, 6.07) is 0. The third-order valence-electron chi connectivity index (χ3n) is 0.787. The van der Waals surface area contributed by atoms with E-state index in [1.165, 1.54) is 0 Å². The lowest BCUT2D eigenvalue weighted by Gasteiger charge is -2.02. The normalized spacial score (nSPS) is 9.50. The van der Waals surface area contributed by atoms with Gasteiger partial charge in [-0.05, 0) is 0 Å². The van der Waals surface area contributed by atoms with Crippen LogP contribution < -0.4 is 0 Å². The second-order valence-electron chi connectivity index (χ2n) is 1.64. The number of carbonyl (C=O) groups is 1. The molecule has 0 aliphatic carbocycles. The first-order valence-corrected chi connectivity index (χ1v) is 3.85. The highest BCUT2D eigenvalue weighted by Crippen LogP contribution is 2.04. The summed E-state index contributed by atoms with van der Waals surface area (Å²) in [5.41, 5.74) is 0. The van der Waals surface area contributed by atoms with Crippen LogP contribution in [0.1, 0.15) is 6.42 Å². The summed E-state index contributed by atoms with van der Waals surface area (Å²) in [6.07, 6.45) is 1.78. The largest absolute Gasteiger partial charge is 0.462 e. The van der Waals surface area contributed by atoms with Gasteiger partial charge in [-0.3, -0.25) is 0 Å². The van der Waals surface area contributed by atoms with E-state index in [4.69, 9.17) is 0 Å². The van der Waals surface area contributed by atoms with E-state index in [-0.39, 0.29) is 4.58 Å². The lowest BCUT2D eigenvalue weighted by Crippen LogP contribution is -2.04. The van der Waals surface area contributed by atoms with Crippen molar-refractivity contribution in [3.05, 3.63) is 12.7 Å². The lowest BCUT2D eigenvalue weighted by molar-refractivity contribution is -0.137. The molecule has 0 atom stereocenters. The molecule has 0 saturated heterocycles. The zero-order chi connectivity index (χ0) is 7.98. The quantitative estimate of drug-likeness (QED) is 0.294. The van der Waals surface area contributed by atoms with Gasteiger partial charge < -0.3 is 4.74 Å². The molecule has 0 aliphatic heterocycles. The highest BCUT2D eigenvalue weighted by molar-refractivity contribution is 7.99. The molecule has 0 aromatic carbocycles. The molecular weight excluding hydrogens is 168 g/mol. The molecule has 0 spiro atoms. The molecule has 10 heavy (non-hydrogen) atoms. The van der Waals surface area contributed by atoms with Crippen molar-refractivity contribution in [2.75, 3.05) is 6.61 Å². The van der Waals surface area contributed by atoms with Crippen LogP contribution in [0.25, 0.3) is 0 Å². The number of ether oxygens (including phenoxy) is 1. The van der Waals surface area contributed by atoms with E-state index in [1.54, 1.807) is 0 Å². The summed E-state index contributed by atoms with van der Waals surface area (Å²) >= 11 is 7.95. The standard InChI is InChI=1S/C6H10O2S2/c1-2-5(7)8-4-3-6(9)10/h2,6,9-10H,1,3-4H2. The van der Waals surface area contributed by atoms with E-state index < -0.39 is 5.97 Å². The fourth-order valence-corrected chi connectivity index (χ4v) is 0.535. The van der Waals surface area contributed by atoms with E-state index in [9.17, 15) is 4.79 Å². The molecule has 58 valence electrons. The van der Waals surface area contributed by atoms with Crippen LogP contribution in [-0.4, -0.2) is 17.2 Å². The van der Waals surface area contributed by atoms with Gasteiger partial charge in [-0.2, -0.15) is 25.3 Å². The van der Waals surface area contributed by atoms with Gasteiger partial charge in [0.25, 0.3) is 0 Å². The zero-order valence-electron chi connectivity index (χ0n) is 5.49. The van der Waals surface area contributed by atoms with Crippen LogP contribution in [0.5, 0.6) is 0 Å². The van der Waals surface area contributed by atoms with Crippen molar-refractivity contribution < 1.29 is 9.53 Å². The van der Waals surface area contributed by atoms with Gasteiger partial charge in [-0.25, -0.2) is 4.79 Å². The average Bonchev–Trinajstić information content (AvgIpc) is 1.87. The summed E-state index contributed by atoms with van der Waals surface area (Å²) in [5.74, 6) is -0.401. The van der Waals surface area contributed by atoms with Crippen molar-refractivity contribution >= 4 is 31.2 Å². The molecule has 0 aromatic heterocycles. The van der Waals surface area contributed by atoms with E-state index in [0.29, 0.717) is 13.0 Å². The second kappa shape index (κ2) is 5.68. The molecule has 0 fully saturated rings. The third-order valence-corrected chi connectivity index (χ3v) is 1.30. The third kappa shape index (κ3) is 6.04. The van der Waals surface area contributed by atoms with Gasteiger partial charge in [0.15, 0.2) is 0 Å². The topological polar surface area (TPSA) is 26.3 Å². The lowest BCUT2D eigenvalue weighted by atomic mass is 10.5. The predicted octanol–water partition coefficient (Wildman–Crippen LogP) is 1.29. The first-order valence-electron chi connectivity index (χ1n) is 2.82. The molecular formula is C6H10O2S2. The Balaban J connectivity index is 3.19. The summed E-state index contributed by atoms with van der Waals surface area (Å²) < 4.78 is 4.62. The van der Waals surface area contributed by atoms with E-state index >= 15 is 0 Å². The van der Waals surface area contributed by atoms with Gasteiger partial charge in [-0.1, -0.05) is 6.58 Å². The minimum Gasteiger partial charge on any atom is -0.462 e. The predicted molar refractivity (Wildman–Crippen MR) is 47.5 cm³/mol. The number of hydrogen-bond donors (Lipinski definition) is 2. The fourth-order valence-electron chi connectivity index (χ4n) is 0.324. The minimum atomic E-state index is -0.401. The zero-order valence-corrected chi connectivity index (χ0v) is 7.28. The molecule has 0 N–H and O–H groups in total. The second-order valence-corrected chi connectivity index (χ2v) is 3.29. The molecule has 0 aromatic rings. The van der Waals surface area contributed by atoms with E-state index in [2.05, 4.69) is 36.6 Å². The number of rotatable bonds is 4. The number of thiol groups is 2. The summed E-state index contributed by atoms with van der Waals surface area (Å²) in [6.45, 7) is 3.60. The van der Waals surface area contributed by atoms with Crippen molar-refractivity contribution in [2.24, 2.45) is 0 Å². The molecule has 0 unspecified atom stereocenters. The van der Waals surface area contributed by atoms with Crippen LogP contribution in [-0.2, 0) is 9.53 Å². The number of carbonyl (C=O) groups excluding carboxylic acids is 1. The molecule has 4 heteroatoms. The van der Waals surface area contributed by atoms with Crippen LogP contribution >= 0.6 is 25.3 Å². The minimum absolute atomic E-state index is 0.0300. The van der Waals surface area contributed by atoms with Crippen molar-refractivity contribution in [2.45, 2.75) is 11.0 Å². The molecule has 0 aliphatic rings. The maximum Gasteiger partial charge on any atom is 0.330 e. The molecule has 0 amide bonds. The Kier molecular flexibility index (Phi) is 5.63. The Labute approximate surface area is 71.5 Å². The number of esters is 1. The summed E-state index contributed by atoms with van der Waals surface area (Å²) in [5, 5.41) is 0. The Bertz CT molecular complexity index is 123. The summed E-state index contributed by atoms with van der Waals surface area (Å²) in [7, 11) is 0. The summed E-state index contributed by atoms with van der Waals surface area (Å²) in [4.78, 5) is 10.4. The first-order chi connectivity index (χ1) is 4.66. The molecule has 0 heterocycles.